The molecule has 4 heterocycles. The number of carbonyl (C=O) groups is 2. The minimum atomic E-state index is -4.36. The van der Waals surface area contributed by atoms with E-state index in [-0.39, 0.29) is 70.0 Å². The minimum absolute atomic E-state index is 0.108. The Morgan fingerprint density at radius 1 is 0.464 bits per heavy atom. The molecule has 0 aliphatic carbocycles. The number of sulfonamides is 2. The number of aromatic nitrogens is 6. The molecule has 0 saturated carbocycles. The number of carbonyl (C=O) groups excluding carboxylic acids is 2. The van der Waals surface area contributed by atoms with Crippen LogP contribution in [0.3, 0.4) is 0 Å². The van der Waals surface area contributed by atoms with Crippen molar-refractivity contribution in [2.75, 3.05) is 53.3 Å². The number of para-hydroxylation sites is 2. The molecule has 4 atom stereocenters. The Bertz CT molecular complexity index is 3180. The number of amides is 2. The van der Waals surface area contributed by atoms with Gasteiger partial charge in [-0.1, -0.05) is 12.1 Å². The third-order valence-corrected chi connectivity index (χ3v) is 14.8. The number of benzene rings is 2. The number of pyridine rings is 2. The molecule has 30 heteroatoms. The van der Waals surface area contributed by atoms with Crippen LogP contribution in [0.4, 0.5) is 11.4 Å². The average molecular weight is 1200 g/mol. The van der Waals surface area contributed by atoms with Crippen LogP contribution in [0.2, 0.25) is 0 Å². The summed E-state index contributed by atoms with van der Waals surface area (Å²) in [7, 11) is -0.0548. The van der Waals surface area contributed by atoms with Gasteiger partial charge in [0.25, 0.3) is 31.9 Å². The lowest BCUT2D eigenvalue weighted by molar-refractivity contribution is 0.00359. The van der Waals surface area contributed by atoms with E-state index in [2.05, 4.69) is 71.0 Å². The fourth-order valence-electron chi connectivity index (χ4n) is 7.34. The molecule has 0 radical (unpaired) electrons. The third kappa shape index (κ3) is 18.5. The number of hydrogen-bond acceptors (Lipinski definition) is 20. The summed E-state index contributed by atoms with van der Waals surface area (Å²) >= 11 is 0. The van der Waals surface area contributed by atoms with Crippen molar-refractivity contribution in [3.63, 3.8) is 0 Å². The van der Waals surface area contributed by atoms with Gasteiger partial charge in [0.15, 0.2) is 0 Å². The number of ether oxygens (including phenoxy) is 8. The summed E-state index contributed by atoms with van der Waals surface area (Å²) in [5.41, 5.74) is 12.9. The first kappa shape index (κ1) is 65.8. The van der Waals surface area contributed by atoms with Crippen molar-refractivity contribution in [1.82, 2.24) is 51.6 Å². The number of hydrogen-bond donors (Lipinski definition) is 6. The van der Waals surface area contributed by atoms with E-state index in [0.29, 0.717) is 23.0 Å². The molecule has 28 nitrogen and oxygen atoms in total. The highest BCUT2D eigenvalue weighted by Crippen LogP contribution is 2.36. The van der Waals surface area contributed by atoms with Crippen LogP contribution < -0.4 is 60.8 Å². The summed E-state index contributed by atoms with van der Waals surface area (Å²) in [6, 6.07) is 16.6. The Kier molecular flexibility index (Phi) is 24.2. The van der Waals surface area contributed by atoms with E-state index in [0.717, 1.165) is 11.1 Å². The number of nitrogens with one attached hydrogen (secondary N) is 6. The fourth-order valence-corrected chi connectivity index (χ4v) is 9.39. The van der Waals surface area contributed by atoms with Gasteiger partial charge in [-0.05, 0) is 115 Å². The van der Waals surface area contributed by atoms with Gasteiger partial charge >= 0.3 is 0 Å². The molecule has 0 unspecified atom stereocenters. The monoisotopic (exact) mass is 1200 g/mol. The van der Waals surface area contributed by atoms with Crippen molar-refractivity contribution in [3.05, 3.63) is 132 Å². The topological polar surface area (TPSA) is 350 Å². The Morgan fingerprint density at radius 2 is 0.810 bits per heavy atom. The van der Waals surface area contributed by atoms with Crippen molar-refractivity contribution in [3.8, 4) is 34.8 Å². The Labute approximate surface area is 488 Å². The Morgan fingerprint density at radius 3 is 1.08 bits per heavy atom. The van der Waals surface area contributed by atoms with Gasteiger partial charge in [-0.25, -0.2) is 26.8 Å². The normalized spacial score (nSPS) is 13.2. The van der Waals surface area contributed by atoms with Crippen molar-refractivity contribution in [2.24, 2.45) is 8.80 Å². The Balaban J connectivity index is 0.000000307. The van der Waals surface area contributed by atoms with E-state index in [1.165, 1.54) is 93.7 Å². The molecule has 6 N–H and O–H groups in total. The molecule has 2 amide bonds. The second kappa shape index (κ2) is 30.9. The van der Waals surface area contributed by atoms with Crippen LogP contribution in [0.15, 0.2) is 107 Å². The zero-order valence-electron chi connectivity index (χ0n) is 48.8. The highest BCUT2D eigenvalue weighted by atomic mass is 32.2. The molecular weight excluding hydrogens is 1130 g/mol. The summed E-state index contributed by atoms with van der Waals surface area (Å²) in [6.07, 6.45) is 5.70. The van der Waals surface area contributed by atoms with Crippen molar-refractivity contribution < 1.29 is 64.3 Å². The van der Waals surface area contributed by atoms with Gasteiger partial charge in [0.1, 0.15) is 68.5 Å². The van der Waals surface area contributed by atoms with Crippen LogP contribution >= 0.6 is 0 Å². The van der Waals surface area contributed by atoms with Gasteiger partial charge in [-0.15, -0.1) is 8.80 Å². The van der Waals surface area contributed by atoms with E-state index in [1.807, 2.05) is 13.8 Å². The van der Waals surface area contributed by atoms with E-state index in [1.54, 1.807) is 88.4 Å². The van der Waals surface area contributed by atoms with Gasteiger partial charge < -0.3 is 48.5 Å². The highest BCUT2D eigenvalue weighted by molar-refractivity contribution is 7.91. The Hall–Kier alpha value is -9.00. The standard InChI is InChI=1S/2C27H35N7O7S/c2*1-16(2)41-25(20-14-30-23(40-7)15-29-20)18(4)42(36,37)34-27(31-24-21(38-5)9-8-10-22(24)39-6)33-32-26(35)19-13-17(3)11-12-28-19/h2*8-16,18,25H,1-7H3,(H,32,35)(H2,31,33,34)/t2*18-,25+/m10/s1. The molecule has 0 saturated heterocycles. The molecule has 0 spiro atoms. The largest absolute Gasteiger partial charge is 0.494 e. The van der Waals surface area contributed by atoms with E-state index < -0.39 is 54.6 Å². The molecule has 452 valence electrons. The number of anilines is 2. The number of guanidine groups is 2. The van der Waals surface area contributed by atoms with Gasteiger partial charge in [0.05, 0.1) is 91.0 Å². The predicted octanol–water partition coefficient (Wildman–Crippen LogP) is 5.59. The number of hydrazine groups is 2. The SMILES string of the molecule is COc1cnc([C@@H](OC(C)C)[C@@H](C)S(=O)(=O)N=C(NNC(=O)c2cc(C)ccn2)Nc2c(OC)cccc2OC)cn1.COc1cnc([C@H](OC(C)C)[C@H](C)S(=O)(=O)N=C(NNC(=O)c2cc(C)ccn2)Nc2c(OC)cccc2OC)cn1. The molecule has 0 aliphatic heterocycles. The van der Waals surface area contributed by atoms with Gasteiger partial charge in [-0.2, -0.15) is 0 Å². The second-order valence-electron chi connectivity index (χ2n) is 18.4. The first-order valence-corrected chi connectivity index (χ1v) is 28.6. The van der Waals surface area contributed by atoms with Gasteiger partial charge in [0, 0.05) is 12.4 Å². The van der Waals surface area contributed by atoms with E-state index in [4.69, 9.17) is 37.9 Å². The molecule has 6 rings (SSSR count). The number of nitrogens with zero attached hydrogens (tertiary/aromatic N) is 8. The van der Waals surface area contributed by atoms with E-state index >= 15 is 0 Å². The number of methoxy groups -OCH3 is 6. The summed E-state index contributed by atoms with van der Waals surface area (Å²) in [5.74, 6) is -0.117. The van der Waals surface area contributed by atoms with Crippen molar-refractivity contribution in [1.29, 1.82) is 0 Å². The van der Waals surface area contributed by atoms with Crippen LogP contribution in [-0.4, -0.2) is 136 Å². The van der Waals surface area contributed by atoms with E-state index in [9.17, 15) is 26.4 Å². The van der Waals surface area contributed by atoms with Crippen molar-refractivity contribution in [2.45, 2.75) is 90.3 Å². The van der Waals surface area contributed by atoms with Crippen LogP contribution in [-0.2, 0) is 29.5 Å². The van der Waals surface area contributed by atoms with Crippen LogP contribution in [0.1, 0.15) is 97.2 Å². The van der Waals surface area contributed by atoms with Crippen LogP contribution in [0.25, 0.3) is 0 Å². The maximum Gasteiger partial charge on any atom is 0.288 e. The van der Waals surface area contributed by atoms with Crippen LogP contribution in [0, 0.1) is 13.8 Å². The molecule has 0 bridgehead atoms. The molecule has 84 heavy (non-hydrogen) atoms. The average Bonchev–Trinajstić information content (AvgIpc) is 2.94. The lowest BCUT2D eigenvalue weighted by Crippen LogP contribution is -2.46. The molecular formula is C54H70N14O14S2. The smallest absolute Gasteiger partial charge is 0.288 e. The summed E-state index contributed by atoms with van der Waals surface area (Å²) in [6.45, 7) is 13.6. The zero-order valence-corrected chi connectivity index (χ0v) is 50.4. The lowest BCUT2D eigenvalue weighted by Gasteiger charge is -2.25. The first-order chi connectivity index (χ1) is 40.0. The summed E-state index contributed by atoms with van der Waals surface area (Å²) in [5, 5.41) is 3.26. The zero-order chi connectivity index (χ0) is 61.7. The fraction of sp³-hybridized carbons (Fsp3) is 0.370. The summed E-state index contributed by atoms with van der Waals surface area (Å²) in [4.78, 5) is 50.5. The van der Waals surface area contributed by atoms with Gasteiger partial charge in [-0.3, -0.25) is 51.2 Å². The number of aryl methyl sites for hydroxylation is 2. The van der Waals surface area contributed by atoms with Gasteiger partial charge in [0.2, 0.25) is 23.7 Å². The number of rotatable bonds is 22. The third-order valence-electron chi connectivity index (χ3n) is 11.6. The first-order valence-electron chi connectivity index (χ1n) is 25.6. The maximum atomic E-state index is 13.7. The highest BCUT2D eigenvalue weighted by Gasteiger charge is 2.36. The molecule has 6 aromatic rings. The van der Waals surface area contributed by atoms with Crippen molar-refractivity contribution >= 4 is 55.2 Å². The van der Waals surface area contributed by atoms with Crippen LogP contribution in [0.5, 0.6) is 34.8 Å². The molecule has 0 aliphatic rings. The summed E-state index contributed by atoms with van der Waals surface area (Å²) < 4.78 is 107. The molecule has 2 aromatic carbocycles. The lowest BCUT2D eigenvalue weighted by atomic mass is 10.2. The minimum Gasteiger partial charge on any atom is -0.494 e. The maximum absolute atomic E-state index is 13.7. The molecule has 0 fully saturated rings. The second-order valence-corrected chi connectivity index (χ2v) is 22.3. The predicted molar refractivity (Wildman–Crippen MR) is 312 cm³/mol. The molecule has 4 aromatic heterocycles. The quantitative estimate of drug-likeness (QED) is 0.0274.